The van der Waals surface area contributed by atoms with Gasteiger partial charge < -0.3 is 10.3 Å². The third-order valence-electron chi connectivity index (χ3n) is 4.10. The third-order valence-corrected chi connectivity index (χ3v) is 5.28. The summed E-state index contributed by atoms with van der Waals surface area (Å²) in [5.74, 6) is 0.371. The molecule has 0 saturated carbocycles. The van der Waals surface area contributed by atoms with E-state index in [2.05, 4.69) is 66.5 Å². The van der Waals surface area contributed by atoms with Gasteiger partial charge in [0.2, 0.25) is 0 Å². The highest BCUT2D eigenvalue weighted by Crippen LogP contribution is 2.36. The van der Waals surface area contributed by atoms with Gasteiger partial charge in [0.25, 0.3) is 0 Å². The number of rotatable bonds is 3. The summed E-state index contributed by atoms with van der Waals surface area (Å²) in [7, 11) is 2.06. The zero-order valence-electron chi connectivity index (χ0n) is 15.0. The molecule has 5 nitrogen and oxygen atoms in total. The van der Waals surface area contributed by atoms with E-state index in [-0.39, 0.29) is 10.7 Å². The van der Waals surface area contributed by atoms with Crippen LogP contribution < -0.4 is 5.73 Å². The van der Waals surface area contributed by atoms with Crippen LogP contribution in [-0.2, 0) is 12.5 Å². The van der Waals surface area contributed by atoms with Gasteiger partial charge in [0.05, 0.1) is 22.7 Å². The van der Waals surface area contributed by atoms with Crippen LogP contribution >= 0.6 is 23.4 Å². The highest BCUT2D eigenvalue weighted by atomic mass is 35.5. The summed E-state index contributed by atoms with van der Waals surface area (Å²) in [5.41, 5.74) is 9.25. The molecule has 25 heavy (non-hydrogen) atoms. The van der Waals surface area contributed by atoms with E-state index in [1.807, 2.05) is 6.20 Å². The fourth-order valence-electron chi connectivity index (χ4n) is 2.80. The first kappa shape index (κ1) is 18.0. The van der Waals surface area contributed by atoms with Gasteiger partial charge >= 0.3 is 0 Å². The maximum atomic E-state index is 5.97. The van der Waals surface area contributed by atoms with Crippen molar-refractivity contribution in [3.05, 3.63) is 40.9 Å². The summed E-state index contributed by atoms with van der Waals surface area (Å²) >= 11 is 7.47. The Labute approximate surface area is 157 Å². The van der Waals surface area contributed by atoms with Crippen LogP contribution in [0.15, 0.2) is 29.7 Å². The number of anilines is 1. The van der Waals surface area contributed by atoms with Gasteiger partial charge in [-0.2, -0.15) is 0 Å². The van der Waals surface area contributed by atoms with Crippen LogP contribution in [0, 0.1) is 0 Å². The van der Waals surface area contributed by atoms with Gasteiger partial charge in [-0.15, -0.1) is 0 Å². The number of pyridine rings is 1. The number of nitrogen functional groups attached to an aromatic ring is 1. The molecule has 0 aliphatic carbocycles. The molecule has 0 amide bonds. The number of fused-ring (bicyclic) bond motifs is 1. The number of aromatic nitrogens is 4. The molecule has 7 heteroatoms. The molecular formula is C18H22ClN5S. The van der Waals surface area contributed by atoms with E-state index in [0.29, 0.717) is 16.1 Å². The normalized spacial score (nSPS) is 13.4. The summed E-state index contributed by atoms with van der Waals surface area (Å²) in [6.07, 6.45) is 4.12. The van der Waals surface area contributed by atoms with Crippen LogP contribution in [0.5, 0.6) is 0 Å². The number of thioether (sulfide) groups is 1. The third kappa shape index (κ3) is 3.75. The molecule has 3 heterocycles. The smallest absolute Gasteiger partial charge is 0.191 e. The topological polar surface area (TPSA) is 69.6 Å². The second kappa shape index (κ2) is 6.50. The zero-order chi connectivity index (χ0) is 18.4. The first-order valence-corrected chi connectivity index (χ1v) is 9.33. The molecule has 3 aromatic heterocycles. The van der Waals surface area contributed by atoms with E-state index >= 15 is 0 Å². The van der Waals surface area contributed by atoms with E-state index in [9.17, 15) is 0 Å². The minimum atomic E-state index is 0.0685. The maximum Gasteiger partial charge on any atom is 0.191 e. The van der Waals surface area contributed by atoms with Crippen molar-refractivity contribution in [2.45, 2.75) is 43.5 Å². The quantitative estimate of drug-likeness (QED) is 0.406. The molecule has 0 fully saturated rings. The van der Waals surface area contributed by atoms with Crippen LogP contribution in [0.25, 0.3) is 10.9 Å². The molecule has 0 spiro atoms. The Morgan fingerprint density at radius 2 is 1.96 bits per heavy atom. The van der Waals surface area contributed by atoms with Gasteiger partial charge in [-0.3, -0.25) is 4.98 Å². The average Bonchev–Trinajstić information content (AvgIpc) is 2.83. The average molecular weight is 376 g/mol. The van der Waals surface area contributed by atoms with Crippen LogP contribution in [0.3, 0.4) is 0 Å². The molecule has 0 radical (unpaired) electrons. The van der Waals surface area contributed by atoms with Gasteiger partial charge in [-0.05, 0) is 24.0 Å². The van der Waals surface area contributed by atoms with Gasteiger partial charge in [-0.25, -0.2) is 9.97 Å². The van der Waals surface area contributed by atoms with Crippen LogP contribution in [0.2, 0.25) is 5.15 Å². The van der Waals surface area contributed by atoms with E-state index in [1.165, 1.54) is 22.7 Å². The Balaban J connectivity index is 1.98. The Morgan fingerprint density at radius 1 is 1.24 bits per heavy atom. The van der Waals surface area contributed by atoms with Crippen molar-refractivity contribution in [2.24, 2.45) is 7.05 Å². The molecule has 1 unspecified atom stereocenters. The van der Waals surface area contributed by atoms with Crippen LogP contribution in [0.1, 0.15) is 44.2 Å². The maximum absolute atomic E-state index is 5.97. The molecule has 0 aliphatic heterocycles. The molecule has 132 valence electrons. The Morgan fingerprint density at radius 3 is 2.60 bits per heavy atom. The van der Waals surface area contributed by atoms with Crippen molar-refractivity contribution in [1.29, 1.82) is 0 Å². The summed E-state index contributed by atoms with van der Waals surface area (Å²) in [6, 6.07) is 3.71. The van der Waals surface area contributed by atoms with Crippen molar-refractivity contribution < 1.29 is 0 Å². The SMILES string of the molecule is CC(Sc1nc(N)cc(Cl)n1)c1cc2c(C(C)(C)C)cn(C)c2cn1. The van der Waals surface area contributed by atoms with Crippen molar-refractivity contribution in [1.82, 2.24) is 19.5 Å². The second-order valence-corrected chi connectivity index (χ2v) is 8.88. The van der Waals surface area contributed by atoms with Crippen molar-refractivity contribution in [3.63, 3.8) is 0 Å². The lowest BCUT2D eigenvalue weighted by Gasteiger charge is -2.18. The number of hydrogen-bond donors (Lipinski definition) is 1. The fraction of sp³-hybridized carbons (Fsp3) is 0.389. The van der Waals surface area contributed by atoms with Gasteiger partial charge in [0.15, 0.2) is 5.16 Å². The summed E-state index contributed by atoms with van der Waals surface area (Å²) in [4.78, 5) is 13.1. The lowest BCUT2D eigenvalue weighted by molar-refractivity contribution is 0.593. The molecule has 3 aromatic rings. The lowest BCUT2D eigenvalue weighted by Crippen LogP contribution is -2.10. The molecule has 0 bridgehead atoms. The predicted molar refractivity (Wildman–Crippen MR) is 105 cm³/mol. The molecule has 3 rings (SSSR count). The first-order chi connectivity index (χ1) is 11.6. The Hall–Kier alpha value is -1.79. The minimum Gasteiger partial charge on any atom is -0.384 e. The number of nitrogens with zero attached hydrogens (tertiary/aromatic N) is 4. The number of nitrogens with two attached hydrogens (primary N) is 1. The predicted octanol–water partition coefficient (Wildman–Crippen LogP) is 4.75. The second-order valence-electron chi connectivity index (χ2n) is 7.19. The highest BCUT2D eigenvalue weighted by Gasteiger charge is 2.21. The summed E-state index contributed by atoms with van der Waals surface area (Å²) in [6.45, 7) is 8.76. The summed E-state index contributed by atoms with van der Waals surface area (Å²) < 4.78 is 2.13. The number of aryl methyl sites for hydroxylation is 1. The van der Waals surface area contributed by atoms with Crippen molar-refractivity contribution in [2.75, 3.05) is 5.73 Å². The van der Waals surface area contributed by atoms with E-state index in [1.54, 1.807) is 6.07 Å². The Kier molecular flexibility index (Phi) is 4.68. The van der Waals surface area contributed by atoms with Crippen molar-refractivity contribution in [3.8, 4) is 0 Å². The van der Waals surface area contributed by atoms with Crippen molar-refractivity contribution >= 4 is 40.1 Å². The largest absolute Gasteiger partial charge is 0.384 e. The zero-order valence-corrected chi connectivity index (χ0v) is 16.6. The Bertz CT molecular complexity index is 909. The first-order valence-electron chi connectivity index (χ1n) is 8.07. The molecule has 0 aliphatic rings. The number of hydrogen-bond acceptors (Lipinski definition) is 5. The molecule has 2 N–H and O–H groups in total. The standard InChI is InChI=1S/C18H22ClN5S/c1-10(25-17-22-15(19)7-16(20)23-17)13-6-11-12(18(2,3)4)9-24(5)14(11)8-21-13/h6-10H,1-5H3,(H2,20,22,23). The highest BCUT2D eigenvalue weighted by molar-refractivity contribution is 7.99. The fourth-order valence-corrected chi connectivity index (χ4v) is 3.92. The molecule has 0 saturated heterocycles. The van der Waals surface area contributed by atoms with Crippen LogP contribution in [-0.4, -0.2) is 19.5 Å². The monoisotopic (exact) mass is 375 g/mol. The number of halogens is 1. The van der Waals surface area contributed by atoms with Crippen LogP contribution in [0.4, 0.5) is 5.82 Å². The lowest BCUT2D eigenvalue weighted by atomic mass is 9.87. The van der Waals surface area contributed by atoms with E-state index in [0.717, 1.165) is 11.2 Å². The van der Waals surface area contributed by atoms with Gasteiger partial charge in [-0.1, -0.05) is 44.1 Å². The molecular weight excluding hydrogens is 354 g/mol. The molecule has 0 aromatic carbocycles. The van der Waals surface area contributed by atoms with E-state index < -0.39 is 0 Å². The summed E-state index contributed by atoms with van der Waals surface area (Å²) in [5, 5.41) is 2.22. The molecule has 1 atom stereocenters. The van der Waals surface area contributed by atoms with Gasteiger partial charge in [0, 0.05) is 24.7 Å². The van der Waals surface area contributed by atoms with E-state index in [4.69, 9.17) is 17.3 Å². The minimum absolute atomic E-state index is 0.0685. The van der Waals surface area contributed by atoms with Gasteiger partial charge in [0.1, 0.15) is 11.0 Å².